The predicted octanol–water partition coefficient (Wildman–Crippen LogP) is 2.00. The first kappa shape index (κ1) is 13.7. The fraction of sp³-hybridized carbons (Fsp3) is 0.500. The molecule has 0 spiro atoms. The van der Waals surface area contributed by atoms with Crippen LogP contribution >= 0.6 is 15.9 Å². The number of hydrogen-bond donors (Lipinski definition) is 1. The molecule has 8 heteroatoms. The summed E-state index contributed by atoms with van der Waals surface area (Å²) in [6.45, 7) is 0.516. The van der Waals surface area contributed by atoms with E-state index in [0.717, 1.165) is 0 Å². The number of aromatic nitrogens is 2. The molecular weight excluding hydrogens is 333 g/mol. The van der Waals surface area contributed by atoms with Crippen LogP contribution in [0, 0.1) is 0 Å². The van der Waals surface area contributed by atoms with Crippen molar-refractivity contribution in [2.24, 2.45) is 0 Å². The summed E-state index contributed by atoms with van der Waals surface area (Å²) in [6.07, 6.45) is -0.585. The summed E-state index contributed by atoms with van der Waals surface area (Å²) in [7, 11) is 0. The first-order valence-electron chi connectivity index (χ1n) is 6.23. The summed E-state index contributed by atoms with van der Waals surface area (Å²) < 4.78 is 24.7. The van der Waals surface area contributed by atoms with Crippen molar-refractivity contribution in [3.63, 3.8) is 0 Å². The zero-order valence-electron chi connectivity index (χ0n) is 10.5. The maximum absolute atomic E-state index is 13.3. The minimum absolute atomic E-state index is 0.0768. The van der Waals surface area contributed by atoms with Crippen molar-refractivity contribution in [2.75, 3.05) is 13.2 Å². The molecule has 108 valence electrons. The standard InChI is InChI=1S/C12H13BrFN3O3/c13-10-2-1-9(19-10)12-16-15-11(20-12)5-17-4-7(14)3-8(17)6-18/h1-2,7-8,18H,3-6H2/t7-,8-/m0/s1. The van der Waals surface area contributed by atoms with Gasteiger partial charge in [-0.2, -0.15) is 0 Å². The normalized spacial score (nSPS) is 23.6. The van der Waals surface area contributed by atoms with Crippen molar-refractivity contribution in [2.45, 2.75) is 25.2 Å². The van der Waals surface area contributed by atoms with Crippen molar-refractivity contribution in [1.82, 2.24) is 15.1 Å². The monoisotopic (exact) mass is 345 g/mol. The Bertz CT molecular complexity index is 588. The van der Waals surface area contributed by atoms with E-state index < -0.39 is 6.17 Å². The van der Waals surface area contributed by atoms with Crippen LogP contribution in [-0.4, -0.2) is 45.6 Å². The summed E-state index contributed by atoms with van der Waals surface area (Å²) in [5, 5.41) is 17.0. The van der Waals surface area contributed by atoms with Gasteiger partial charge in [0.25, 0.3) is 5.89 Å². The number of furan rings is 1. The number of aliphatic hydroxyl groups excluding tert-OH is 1. The molecule has 2 aromatic rings. The number of aliphatic hydroxyl groups is 1. The Morgan fingerprint density at radius 3 is 2.95 bits per heavy atom. The Morgan fingerprint density at radius 1 is 1.40 bits per heavy atom. The topological polar surface area (TPSA) is 75.5 Å². The summed E-state index contributed by atoms with van der Waals surface area (Å²) in [5.74, 6) is 1.13. The molecule has 0 amide bonds. The summed E-state index contributed by atoms with van der Waals surface area (Å²) >= 11 is 3.20. The molecule has 1 N–H and O–H groups in total. The van der Waals surface area contributed by atoms with Gasteiger partial charge in [-0.15, -0.1) is 10.2 Å². The first-order chi connectivity index (χ1) is 9.65. The van der Waals surface area contributed by atoms with E-state index in [9.17, 15) is 9.50 Å². The van der Waals surface area contributed by atoms with E-state index in [4.69, 9.17) is 8.83 Å². The quantitative estimate of drug-likeness (QED) is 0.913. The van der Waals surface area contributed by atoms with E-state index in [1.54, 1.807) is 17.0 Å². The molecule has 3 heterocycles. The van der Waals surface area contributed by atoms with E-state index in [1.165, 1.54) is 0 Å². The second-order valence-corrected chi connectivity index (χ2v) is 5.49. The number of likely N-dealkylation sites (tertiary alicyclic amines) is 1. The predicted molar refractivity (Wildman–Crippen MR) is 70.5 cm³/mol. The van der Waals surface area contributed by atoms with Crippen LogP contribution < -0.4 is 0 Å². The Morgan fingerprint density at radius 2 is 2.25 bits per heavy atom. The van der Waals surface area contributed by atoms with Crippen LogP contribution in [-0.2, 0) is 6.54 Å². The third-order valence-corrected chi connectivity index (χ3v) is 3.70. The molecule has 1 saturated heterocycles. The molecular formula is C12H13BrFN3O3. The van der Waals surface area contributed by atoms with Crippen molar-refractivity contribution < 1.29 is 18.3 Å². The number of alkyl halides is 1. The number of hydrogen-bond acceptors (Lipinski definition) is 6. The minimum atomic E-state index is -0.921. The van der Waals surface area contributed by atoms with E-state index >= 15 is 0 Å². The highest BCUT2D eigenvalue weighted by molar-refractivity contribution is 9.10. The van der Waals surface area contributed by atoms with E-state index in [-0.39, 0.29) is 25.1 Å². The van der Waals surface area contributed by atoms with Gasteiger partial charge in [-0.05, 0) is 34.5 Å². The molecule has 2 aromatic heterocycles. The van der Waals surface area contributed by atoms with Gasteiger partial charge in [0, 0.05) is 12.6 Å². The van der Waals surface area contributed by atoms with Gasteiger partial charge in [0.15, 0.2) is 10.4 Å². The van der Waals surface area contributed by atoms with Gasteiger partial charge in [0.1, 0.15) is 6.17 Å². The van der Waals surface area contributed by atoms with Crippen LogP contribution in [0.25, 0.3) is 11.7 Å². The van der Waals surface area contributed by atoms with Crippen LogP contribution in [0.4, 0.5) is 4.39 Å². The molecule has 0 saturated carbocycles. The molecule has 20 heavy (non-hydrogen) atoms. The largest absolute Gasteiger partial charge is 0.444 e. The highest BCUT2D eigenvalue weighted by Gasteiger charge is 2.32. The van der Waals surface area contributed by atoms with Gasteiger partial charge < -0.3 is 13.9 Å². The second kappa shape index (κ2) is 5.63. The molecule has 0 aliphatic carbocycles. The summed E-state index contributed by atoms with van der Waals surface area (Å²) in [5.41, 5.74) is 0. The number of nitrogens with zero attached hydrogens (tertiary/aromatic N) is 3. The summed E-state index contributed by atoms with van der Waals surface area (Å²) in [4.78, 5) is 1.81. The SMILES string of the molecule is OC[C@@H]1C[C@H](F)CN1Cc1nnc(-c2ccc(Br)o2)o1. The zero-order valence-corrected chi connectivity index (χ0v) is 12.1. The Hall–Kier alpha value is -1.25. The van der Waals surface area contributed by atoms with Crippen molar-refractivity contribution in [3.05, 3.63) is 22.7 Å². The first-order valence-corrected chi connectivity index (χ1v) is 7.02. The number of halogens is 2. The molecule has 0 radical (unpaired) electrons. The minimum Gasteiger partial charge on any atom is -0.444 e. The van der Waals surface area contributed by atoms with Crippen LogP contribution in [0.1, 0.15) is 12.3 Å². The van der Waals surface area contributed by atoms with Gasteiger partial charge in [-0.3, -0.25) is 4.90 Å². The highest BCUT2D eigenvalue weighted by atomic mass is 79.9. The summed E-state index contributed by atoms with van der Waals surface area (Å²) in [6, 6.07) is 3.25. The lowest BCUT2D eigenvalue weighted by atomic mass is 10.2. The van der Waals surface area contributed by atoms with Gasteiger partial charge in [-0.25, -0.2) is 4.39 Å². The highest BCUT2D eigenvalue weighted by Crippen LogP contribution is 2.26. The molecule has 0 aromatic carbocycles. The maximum atomic E-state index is 13.3. The van der Waals surface area contributed by atoms with Crippen LogP contribution in [0.5, 0.6) is 0 Å². The fourth-order valence-electron chi connectivity index (χ4n) is 2.33. The van der Waals surface area contributed by atoms with Crippen molar-refractivity contribution >= 4 is 15.9 Å². The van der Waals surface area contributed by atoms with E-state index in [1.807, 2.05) is 0 Å². The second-order valence-electron chi connectivity index (χ2n) is 4.70. The molecule has 0 bridgehead atoms. The average Bonchev–Trinajstić information content (AvgIpc) is 3.10. The third kappa shape index (κ3) is 2.77. The van der Waals surface area contributed by atoms with Crippen LogP contribution in [0.15, 0.2) is 25.6 Å². The van der Waals surface area contributed by atoms with Gasteiger partial charge in [-0.1, -0.05) is 0 Å². The lowest BCUT2D eigenvalue weighted by Crippen LogP contribution is -2.31. The average molecular weight is 346 g/mol. The maximum Gasteiger partial charge on any atom is 0.283 e. The molecule has 1 aliphatic rings. The molecule has 1 fully saturated rings. The van der Waals surface area contributed by atoms with Crippen molar-refractivity contribution in [3.8, 4) is 11.7 Å². The zero-order chi connectivity index (χ0) is 14.1. The van der Waals surface area contributed by atoms with E-state index in [0.29, 0.717) is 29.3 Å². The molecule has 6 nitrogen and oxygen atoms in total. The molecule has 0 unspecified atom stereocenters. The fourth-order valence-corrected chi connectivity index (χ4v) is 2.63. The lowest BCUT2D eigenvalue weighted by molar-refractivity contribution is 0.144. The third-order valence-electron chi connectivity index (χ3n) is 3.28. The van der Waals surface area contributed by atoms with Crippen LogP contribution in [0.2, 0.25) is 0 Å². The molecule has 3 rings (SSSR count). The molecule has 1 aliphatic heterocycles. The molecule has 2 atom stereocenters. The lowest BCUT2D eigenvalue weighted by Gasteiger charge is -2.19. The van der Waals surface area contributed by atoms with Gasteiger partial charge in [0.2, 0.25) is 5.89 Å². The van der Waals surface area contributed by atoms with Gasteiger partial charge >= 0.3 is 0 Å². The number of rotatable bonds is 4. The Kier molecular flexibility index (Phi) is 3.86. The Labute approximate surface area is 122 Å². The van der Waals surface area contributed by atoms with Crippen molar-refractivity contribution in [1.29, 1.82) is 0 Å². The van der Waals surface area contributed by atoms with Crippen LogP contribution in [0.3, 0.4) is 0 Å². The smallest absolute Gasteiger partial charge is 0.283 e. The van der Waals surface area contributed by atoms with E-state index in [2.05, 4.69) is 26.1 Å². The van der Waals surface area contributed by atoms with Gasteiger partial charge in [0.05, 0.1) is 13.2 Å². The Balaban J connectivity index is 1.71.